The Labute approximate surface area is 107 Å². The van der Waals surface area contributed by atoms with E-state index in [4.69, 9.17) is 0 Å². The molecule has 0 aromatic heterocycles. The molecule has 1 aromatic carbocycles. The number of nitrogens with one attached hydrogen (secondary N) is 2. The Hall–Kier alpha value is -1.40. The molecule has 0 unspecified atom stereocenters. The van der Waals surface area contributed by atoms with Crippen molar-refractivity contribution >= 4 is 15.9 Å². The molecule has 1 aliphatic rings. The fourth-order valence-electron chi connectivity index (χ4n) is 1.54. The smallest absolute Gasteiger partial charge is 0.264 e. The lowest BCUT2D eigenvalue weighted by Crippen LogP contribution is -2.33. The lowest BCUT2D eigenvalue weighted by atomic mass is 10.4. The van der Waals surface area contributed by atoms with Crippen molar-refractivity contribution in [2.24, 2.45) is 0 Å². The molecule has 1 fully saturated rings. The summed E-state index contributed by atoms with van der Waals surface area (Å²) >= 11 is 0. The van der Waals surface area contributed by atoms with Crippen molar-refractivity contribution in [3.8, 4) is 0 Å². The van der Waals surface area contributed by atoms with Crippen molar-refractivity contribution in [1.29, 1.82) is 0 Å². The number of hydrogen-bond acceptors (Lipinski definition) is 4. The molecule has 0 bridgehead atoms. The normalized spacial score (nSPS) is 15.3. The van der Waals surface area contributed by atoms with Crippen LogP contribution in [0, 0.1) is 0 Å². The van der Waals surface area contributed by atoms with Crippen LogP contribution in [0.1, 0.15) is 19.3 Å². The quantitative estimate of drug-likeness (QED) is 0.793. The SMILES string of the molecule is O=C(CCNC1CC1)NS(=O)(=O)c1ccccc1. The molecule has 2 rings (SSSR count). The Morgan fingerprint density at radius 1 is 1.22 bits per heavy atom. The van der Waals surface area contributed by atoms with E-state index >= 15 is 0 Å². The van der Waals surface area contributed by atoms with Crippen LogP contribution >= 0.6 is 0 Å². The lowest BCUT2D eigenvalue weighted by molar-refractivity contribution is -0.119. The van der Waals surface area contributed by atoms with Gasteiger partial charge in [-0.1, -0.05) is 18.2 Å². The van der Waals surface area contributed by atoms with Crippen molar-refractivity contribution < 1.29 is 13.2 Å². The number of sulfonamides is 1. The molecule has 0 atom stereocenters. The fourth-order valence-corrected chi connectivity index (χ4v) is 2.57. The molecule has 2 N–H and O–H groups in total. The second-order valence-corrected chi connectivity index (χ2v) is 6.00. The van der Waals surface area contributed by atoms with E-state index in [-0.39, 0.29) is 11.3 Å². The molecule has 1 aliphatic carbocycles. The molecular formula is C12H16N2O3S. The number of carbonyl (C=O) groups excluding carboxylic acids is 1. The van der Waals surface area contributed by atoms with E-state index < -0.39 is 15.9 Å². The van der Waals surface area contributed by atoms with Gasteiger partial charge in [0.25, 0.3) is 10.0 Å². The topological polar surface area (TPSA) is 75.3 Å². The van der Waals surface area contributed by atoms with Crippen LogP contribution in [0.4, 0.5) is 0 Å². The highest BCUT2D eigenvalue weighted by molar-refractivity contribution is 7.90. The molecule has 6 heteroatoms. The average molecular weight is 268 g/mol. The van der Waals surface area contributed by atoms with Gasteiger partial charge in [0, 0.05) is 19.0 Å². The molecule has 1 saturated carbocycles. The molecule has 0 heterocycles. The molecule has 5 nitrogen and oxygen atoms in total. The zero-order chi connectivity index (χ0) is 13.0. The molecule has 1 aromatic rings. The fraction of sp³-hybridized carbons (Fsp3) is 0.417. The van der Waals surface area contributed by atoms with Crippen molar-refractivity contribution in [3.63, 3.8) is 0 Å². The van der Waals surface area contributed by atoms with Crippen LogP contribution in [-0.4, -0.2) is 26.9 Å². The number of amides is 1. The van der Waals surface area contributed by atoms with Crippen LogP contribution in [-0.2, 0) is 14.8 Å². The summed E-state index contributed by atoms with van der Waals surface area (Å²) in [5, 5.41) is 3.16. The average Bonchev–Trinajstić information content (AvgIpc) is 3.13. The molecule has 1 amide bonds. The van der Waals surface area contributed by atoms with Crippen LogP contribution in [0.2, 0.25) is 0 Å². The molecule has 0 radical (unpaired) electrons. The van der Waals surface area contributed by atoms with Crippen LogP contribution in [0.15, 0.2) is 35.2 Å². The van der Waals surface area contributed by atoms with Gasteiger partial charge in [0.05, 0.1) is 4.90 Å². The summed E-state index contributed by atoms with van der Waals surface area (Å²) in [6, 6.07) is 8.39. The van der Waals surface area contributed by atoms with Crippen molar-refractivity contribution in [1.82, 2.24) is 10.0 Å². The third-order valence-electron chi connectivity index (χ3n) is 2.66. The van der Waals surface area contributed by atoms with Gasteiger partial charge >= 0.3 is 0 Å². The molecule has 0 spiro atoms. The zero-order valence-electron chi connectivity index (χ0n) is 9.93. The second kappa shape index (κ2) is 5.49. The third kappa shape index (κ3) is 3.82. The Morgan fingerprint density at radius 2 is 1.89 bits per heavy atom. The van der Waals surface area contributed by atoms with E-state index in [1.54, 1.807) is 18.2 Å². The van der Waals surface area contributed by atoms with Gasteiger partial charge in [0.1, 0.15) is 0 Å². The largest absolute Gasteiger partial charge is 0.313 e. The van der Waals surface area contributed by atoms with Gasteiger partial charge in [-0.2, -0.15) is 0 Å². The number of benzene rings is 1. The minimum absolute atomic E-state index is 0.105. The first-order valence-corrected chi connectivity index (χ1v) is 7.40. The van der Waals surface area contributed by atoms with E-state index in [9.17, 15) is 13.2 Å². The molecule has 0 saturated heterocycles. The Morgan fingerprint density at radius 3 is 2.50 bits per heavy atom. The maximum Gasteiger partial charge on any atom is 0.264 e. The highest BCUT2D eigenvalue weighted by Crippen LogP contribution is 2.18. The predicted octanol–water partition coefficient (Wildman–Crippen LogP) is 0.634. The maximum atomic E-state index is 11.8. The van der Waals surface area contributed by atoms with Crippen LogP contribution in [0.25, 0.3) is 0 Å². The minimum Gasteiger partial charge on any atom is -0.313 e. The van der Waals surface area contributed by atoms with E-state index in [0.717, 1.165) is 12.8 Å². The van der Waals surface area contributed by atoms with E-state index in [2.05, 4.69) is 10.0 Å². The van der Waals surface area contributed by atoms with Crippen molar-refractivity contribution in [2.45, 2.75) is 30.2 Å². The van der Waals surface area contributed by atoms with Gasteiger partial charge < -0.3 is 5.32 Å². The van der Waals surface area contributed by atoms with E-state index in [1.165, 1.54) is 12.1 Å². The first-order chi connectivity index (χ1) is 8.58. The number of rotatable bonds is 6. The molecular weight excluding hydrogens is 252 g/mol. The molecule has 18 heavy (non-hydrogen) atoms. The lowest BCUT2D eigenvalue weighted by Gasteiger charge is -2.07. The van der Waals surface area contributed by atoms with Crippen molar-refractivity contribution in [2.75, 3.05) is 6.54 Å². The van der Waals surface area contributed by atoms with Gasteiger partial charge in [-0.3, -0.25) is 4.79 Å². The summed E-state index contributed by atoms with van der Waals surface area (Å²) in [4.78, 5) is 11.6. The number of hydrogen-bond donors (Lipinski definition) is 2. The van der Waals surface area contributed by atoms with E-state index in [0.29, 0.717) is 12.6 Å². The summed E-state index contributed by atoms with van der Waals surface area (Å²) in [6.07, 6.45) is 2.45. The maximum absolute atomic E-state index is 11.8. The Kier molecular flexibility index (Phi) is 3.98. The summed E-state index contributed by atoms with van der Waals surface area (Å²) in [5.74, 6) is -0.480. The first kappa shape index (κ1) is 13.0. The highest BCUT2D eigenvalue weighted by Gasteiger charge is 2.21. The Bertz CT molecular complexity index is 509. The van der Waals surface area contributed by atoms with Crippen LogP contribution in [0.5, 0.6) is 0 Å². The minimum atomic E-state index is -3.72. The van der Waals surface area contributed by atoms with Gasteiger partial charge in [-0.05, 0) is 25.0 Å². The van der Waals surface area contributed by atoms with Gasteiger partial charge in [0.2, 0.25) is 5.91 Å². The van der Waals surface area contributed by atoms with Gasteiger partial charge in [-0.15, -0.1) is 0 Å². The summed E-state index contributed by atoms with van der Waals surface area (Å²) < 4.78 is 25.7. The summed E-state index contributed by atoms with van der Waals surface area (Å²) in [7, 11) is -3.72. The first-order valence-electron chi connectivity index (χ1n) is 5.92. The molecule has 98 valence electrons. The van der Waals surface area contributed by atoms with Crippen LogP contribution in [0.3, 0.4) is 0 Å². The van der Waals surface area contributed by atoms with Gasteiger partial charge in [-0.25, -0.2) is 13.1 Å². The Balaban J connectivity index is 1.85. The monoisotopic (exact) mass is 268 g/mol. The van der Waals surface area contributed by atoms with Gasteiger partial charge in [0.15, 0.2) is 0 Å². The zero-order valence-corrected chi connectivity index (χ0v) is 10.7. The second-order valence-electron chi connectivity index (χ2n) is 4.32. The third-order valence-corrected chi connectivity index (χ3v) is 4.05. The standard InChI is InChI=1S/C12H16N2O3S/c15-12(8-9-13-10-6-7-10)14-18(16,17)11-4-2-1-3-5-11/h1-5,10,13H,6-9H2,(H,14,15). The van der Waals surface area contributed by atoms with Crippen molar-refractivity contribution in [3.05, 3.63) is 30.3 Å². The highest BCUT2D eigenvalue weighted by atomic mass is 32.2. The van der Waals surface area contributed by atoms with Crippen LogP contribution < -0.4 is 10.0 Å². The predicted molar refractivity (Wildman–Crippen MR) is 67.4 cm³/mol. The van der Waals surface area contributed by atoms with E-state index in [1.807, 2.05) is 0 Å². The molecule has 0 aliphatic heterocycles. The summed E-state index contributed by atoms with van der Waals surface area (Å²) in [6.45, 7) is 0.515. The summed E-state index contributed by atoms with van der Waals surface area (Å²) in [5.41, 5.74) is 0. The number of carbonyl (C=O) groups is 1.